The molecule has 1 atom stereocenters. The topological polar surface area (TPSA) is 152 Å². The first kappa shape index (κ1) is 19.7. The van der Waals surface area contributed by atoms with Crippen molar-refractivity contribution < 1.29 is 0 Å². The van der Waals surface area contributed by atoms with Crippen LogP contribution in [0.15, 0.2) is 39.5 Å². The van der Waals surface area contributed by atoms with Gasteiger partial charge in [-0.25, -0.2) is 20.4 Å². The first-order valence-electron chi connectivity index (χ1n) is 9.96. The van der Waals surface area contributed by atoms with Crippen molar-refractivity contribution in [2.45, 2.75) is 39.2 Å². The minimum atomic E-state index is -0.195. The minimum absolute atomic E-state index is 0.0225. The molecule has 0 amide bonds. The summed E-state index contributed by atoms with van der Waals surface area (Å²) in [5.74, 6) is 1.84. The van der Waals surface area contributed by atoms with E-state index >= 15 is 0 Å². The predicted molar refractivity (Wildman–Crippen MR) is 116 cm³/mol. The molecular formula is C19H23N9O2. The van der Waals surface area contributed by atoms with Gasteiger partial charge < -0.3 is 10.7 Å². The van der Waals surface area contributed by atoms with E-state index in [-0.39, 0.29) is 22.9 Å². The monoisotopic (exact) mass is 409 g/mol. The number of nitroso groups, excluding NO2 is 1. The fraction of sp³-hybridized carbons (Fsp3) is 0.368. The number of aromatic nitrogens is 4. The lowest BCUT2D eigenvalue weighted by atomic mass is 10.1. The highest BCUT2D eigenvalue weighted by Gasteiger charge is 2.35. The molecule has 1 unspecified atom stereocenters. The number of amidine groups is 1. The zero-order valence-electron chi connectivity index (χ0n) is 16.7. The number of benzene rings is 1. The molecule has 1 aliphatic carbocycles. The van der Waals surface area contributed by atoms with Crippen LogP contribution in [0.1, 0.15) is 33.1 Å². The molecule has 5 N–H and O–H groups in total. The van der Waals surface area contributed by atoms with Crippen LogP contribution < -0.4 is 21.7 Å². The zero-order valence-corrected chi connectivity index (χ0v) is 16.7. The molecule has 1 aliphatic heterocycles. The number of hydrogen-bond acceptors (Lipinski definition) is 8. The maximum atomic E-state index is 11.6. The van der Waals surface area contributed by atoms with Gasteiger partial charge in [-0.1, -0.05) is 13.8 Å². The lowest BCUT2D eigenvalue weighted by Gasteiger charge is -2.08. The van der Waals surface area contributed by atoms with Crippen LogP contribution in [0, 0.1) is 10.8 Å². The van der Waals surface area contributed by atoms with Gasteiger partial charge in [0.15, 0.2) is 17.3 Å². The van der Waals surface area contributed by atoms with Crippen LogP contribution in [0.4, 0.5) is 23.0 Å². The SMILES string of the molecule is CC.O=Nc1c(N=C2CC(C3CC3)NN2)ncnc1Nc1ccc2c(=O)[nH][nH]c2c1. The summed E-state index contributed by atoms with van der Waals surface area (Å²) in [5.41, 5.74) is 7.38. The van der Waals surface area contributed by atoms with Gasteiger partial charge in [-0.15, -0.1) is 4.91 Å². The summed E-state index contributed by atoms with van der Waals surface area (Å²) >= 11 is 0. The molecule has 2 aromatic heterocycles. The molecule has 1 saturated carbocycles. The Morgan fingerprint density at radius 2 is 2.00 bits per heavy atom. The number of hydrazine groups is 1. The second-order valence-electron chi connectivity index (χ2n) is 6.93. The van der Waals surface area contributed by atoms with E-state index < -0.39 is 0 Å². The third kappa shape index (κ3) is 3.92. The number of H-pyrrole nitrogens is 2. The zero-order chi connectivity index (χ0) is 21.1. The van der Waals surface area contributed by atoms with E-state index in [1.165, 1.54) is 19.2 Å². The molecule has 0 bridgehead atoms. The lowest BCUT2D eigenvalue weighted by Crippen LogP contribution is -2.32. The number of fused-ring (bicyclic) bond motifs is 1. The van der Waals surface area contributed by atoms with Gasteiger partial charge >= 0.3 is 0 Å². The van der Waals surface area contributed by atoms with Gasteiger partial charge in [0.1, 0.15) is 12.2 Å². The van der Waals surface area contributed by atoms with Crippen molar-refractivity contribution >= 4 is 39.7 Å². The van der Waals surface area contributed by atoms with Crippen molar-refractivity contribution in [2.24, 2.45) is 16.1 Å². The molecule has 3 aromatic rings. The Morgan fingerprint density at radius 1 is 1.17 bits per heavy atom. The average Bonchev–Trinajstić information content (AvgIpc) is 3.42. The van der Waals surface area contributed by atoms with Crippen LogP contribution in [0.25, 0.3) is 10.9 Å². The van der Waals surface area contributed by atoms with Crippen LogP contribution >= 0.6 is 0 Å². The van der Waals surface area contributed by atoms with Crippen LogP contribution in [0.2, 0.25) is 0 Å². The maximum Gasteiger partial charge on any atom is 0.271 e. The van der Waals surface area contributed by atoms with Crippen molar-refractivity contribution in [3.8, 4) is 0 Å². The highest BCUT2D eigenvalue weighted by atomic mass is 16.3. The molecule has 3 heterocycles. The number of aliphatic imine (C=N–C) groups is 1. The maximum absolute atomic E-state index is 11.6. The Kier molecular flexibility index (Phi) is 5.53. The van der Waals surface area contributed by atoms with Gasteiger partial charge in [-0.05, 0) is 42.1 Å². The molecular weight excluding hydrogens is 386 g/mol. The van der Waals surface area contributed by atoms with E-state index in [1.807, 2.05) is 13.8 Å². The Morgan fingerprint density at radius 3 is 2.77 bits per heavy atom. The van der Waals surface area contributed by atoms with Gasteiger partial charge in [0.25, 0.3) is 5.56 Å². The fourth-order valence-electron chi connectivity index (χ4n) is 3.35. The lowest BCUT2D eigenvalue weighted by molar-refractivity contribution is 0.504. The normalized spacial score (nSPS) is 19.3. The molecule has 30 heavy (non-hydrogen) atoms. The van der Waals surface area contributed by atoms with Crippen molar-refractivity contribution in [2.75, 3.05) is 5.32 Å². The van der Waals surface area contributed by atoms with E-state index in [4.69, 9.17) is 0 Å². The molecule has 156 valence electrons. The van der Waals surface area contributed by atoms with Gasteiger partial charge in [-0.3, -0.25) is 15.0 Å². The van der Waals surface area contributed by atoms with Crippen molar-refractivity contribution in [3.05, 3.63) is 39.8 Å². The Hall–Kier alpha value is -3.60. The number of nitrogens with one attached hydrogen (secondary N) is 5. The number of anilines is 2. The van der Waals surface area contributed by atoms with Crippen LogP contribution in [0.3, 0.4) is 0 Å². The molecule has 5 rings (SSSR count). The van der Waals surface area contributed by atoms with Crippen molar-refractivity contribution in [1.82, 2.24) is 31.0 Å². The Labute approximate surface area is 171 Å². The third-order valence-electron chi connectivity index (χ3n) is 4.98. The van der Waals surface area contributed by atoms with Crippen LogP contribution in [-0.4, -0.2) is 32.0 Å². The molecule has 11 heteroatoms. The summed E-state index contributed by atoms with van der Waals surface area (Å²) in [7, 11) is 0. The molecule has 0 spiro atoms. The van der Waals surface area contributed by atoms with Gasteiger partial charge in [0.05, 0.1) is 10.9 Å². The summed E-state index contributed by atoms with van der Waals surface area (Å²) in [5, 5.41) is 12.0. The smallest absolute Gasteiger partial charge is 0.271 e. The first-order chi connectivity index (χ1) is 14.7. The molecule has 2 aliphatic rings. The standard InChI is InChI=1S/C17H17N9O2.C2H6/c27-17-10-4-3-9(5-12(10)23-25-17)20-15-14(26-28)16(19-7-18-15)21-13-6-11(22-24-13)8-1-2-8;1-2/h3-5,7-8,11,22H,1-2,6H2,(H2,23,25,27)(H2,18,19,20,21,24);1-2H3. The summed E-state index contributed by atoms with van der Waals surface area (Å²) in [6, 6.07) is 5.49. The fourth-order valence-corrected chi connectivity index (χ4v) is 3.35. The van der Waals surface area contributed by atoms with E-state index in [0.717, 1.165) is 12.3 Å². The molecule has 0 radical (unpaired) electrons. The highest BCUT2D eigenvalue weighted by Crippen LogP contribution is 2.37. The first-order valence-corrected chi connectivity index (χ1v) is 9.96. The summed E-state index contributed by atoms with van der Waals surface area (Å²) < 4.78 is 0. The van der Waals surface area contributed by atoms with Crippen LogP contribution in [-0.2, 0) is 0 Å². The van der Waals surface area contributed by atoms with Gasteiger partial charge in [0.2, 0.25) is 0 Å². The minimum Gasteiger partial charge on any atom is -0.338 e. The molecule has 1 saturated heterocycles. The second-order valence-corrected chi connectivity index (χ2v) is 6.93. The van der Waals surface area contributed by atoms with E-state index in [0.29, 0.717) is 28.6 Å². The van der Waals surface area contributed by atoms with Crippen LogP contribution in [0.5, 0.6) is 0 Å². The number of rotatable bonds is 5. The predicted octanol–water partition coefficient (Wildman–Crippen LogP) is 3.12. The summed E-state index contributed by atoms with van der Waals surface area (Å²) in [6.07, 6.45) is 4.54. The number of nitrogens with zero attached hydrogens (tertiary/aromatic N) is 4. The van der Waals surface area contributed by atoms with Crippen molar-refractivity contribution in [1.29, 1.82) is 0 Å². The molecule has 1 aromatic carbocycles. The summed E-state index contributed by atoms with van der Waals surface area (Å²) in [6.45, 7) is 4.00. The molecule has 2 fully saturated rings. The summed E-state index contributed by atoms with van der Waals surface area (Å²) in [4.78, 5) is 35.8. The Balaban J connectivity index is 0.00000106. The second kappa shape index (κ2) is 8.41. The average molecular weight is 409 g/mol. The number of aromatic amines is 2. The van der Waals surface area contributed by atoms with E-state index in [9.17, 15) is 9.70 Å². The molecule has 11 nitrogen and oxygen atoms in total. The van der Waals surface area contributed by atoms with Gasteiger partial charge in [-0.2, -0.15) is 0 Å². The van der Waals surface area contributed by atoms with E-state index in [2.05, 4.69) is 46.5 Å². The number of hydrogen-bond donors (Lipinski definition) is 5. The highest BCUT2D eigenvalue weighted by molar-refractivity contribution is 5.89. The van der Waals surface area contributed by atoms with E-state index in [1.54, 1.807) is 18.2 Å². The third-order valence-corrected chi connectivity index (χ3v) is 4.98. The van der Waals surface area contributed by atoms with Crippen molar-refractivity contribution in [3.63, 3.8) is 0 Å². The quantitative estimate of drug-likeness (QED) is 0.406. The largest absolute Gasteiger partial charge is 0.338 e. The Bertz CT molecular complexity index is 1150. The van der Waals surface area contributed by atoms with Gasteiger partial charge in [0, 0.05) is 18.2 Å².